The molecule has 0 heterocycles. The number of rotatable bonds is 9. The zero-order valence-electron chi connectivity index (χ0n) is 10.4. The highest BCUT2D eigenvalue weighted by atomic mass is 28.4. The maximum absolute atomic E-state index is 5.95. The second-order valence-electron chi connectivity index (χ2n) is 3.46. The maximum atomic E-state index is 5.95. The fourth-order valence-electron chi connectivity index (χ4n) is 1.29. The van der Waals surface area contributed by atoms with Crippen LogP contribution in [0.4, 0.5) is 0 Å². The van der Waals surface area contributed by atoms with Crippen LogP contribution in [0.5, 0.6) is 0 Å². The van der Waals surface area contributed by atoms with E-state index >= 15 is 0 Å². The van der Waals surface area contributed by atoms with E-state index in [4.69, 9.17) is 18.7 Å². The molecule has 15 heavy (non-hydrogen) atoms. The van der Waals surface area contributed by atoms with Crippen molar-refractivity contribution in [3.8, 4) is 0 Å². The van der Waals surface area contributed by atoms with Crippen LogP contribution in [0.2, 0.25) is 0 Å². The van der Waals surface area contributed by atoms with Crippen molar-refractivity contribution in [2.75, 3.05) is 19.8 Å². The minimum Gasteiger partial charge on any atom is -0.362 e. The number of hydrogen-bond donors (Lipinski definition) is 1. The smallest absolute Gasteiger partial charge is 0.362 e. The van der Waals surface area contributed by atoms with Crippen molar-refractivity contribution in [3.05, 3.63) is 0 Å². The third kappa shape index (κ3) is 6.27. The van der Waals surface area contributed by atoms with Crippen molar-refractivity contribution in [1.29, 1.82) is 0 Å². The zero-order chi connectivity index (χ0) is 11.7. The average Bonchev–Trinajstić information content (AvgIpc) is 2.20. The molecule has 92 valence electrons. The first-order valence-electron chi connectivity index (χ1n) is 5.82. The van der Waals surface area contributed by atoms with E-state index < -0.39 is 8.97 Å². The Kier molecular flexibility index (Phi) is 8.27. The van der Waals surface area contributed by atoms with E-state index in [0.717, 1.165) is 12.8 Å². The largest absolute Gasteiger partial charge is 0.594 e. The molecule has 0 rings (SSSR count). The second kappa shape index (κ2) is 8.24. The van der Waals surface area contributed by atoms with E-state index in [9.17, 15) is 0 Å². The SMILES string of the molecule is CCO[Si](N)(OCC)OCC(CC)CC. The Hall–Kier alpha value is 0.0569. The summed E-state index contributed by atoms with van der Waals surface area (Å²) < 4.78 is 16.4. The first-order chi connectivity index (χ1) is 7.11. The molecule has 0 aromatic heterocycles. The van der Waals surface area contributed by atoms with Gasteiger partial charge in [-0.15, -0.1) is 0 Å². The van der Waals surface area contributed by atoms with Crippen LogP contribution in [-0.4, -0.2) is 28.8 Å². The summed E-state index contributed by atoms with van der Waals surface area (Å²) in [7, 11) is -2.84. The molecule has 0 aliphatic rings. The molecule has 0 fully saturated rings. The summed E-state index contributed by atoms with van der Waals surface area (Å²) in [5.74, 6) is 0.543. The normalized spacial score (nSPS) is 12.4. The van der Waals surface area contributed by atoms with Gasteiger partial charge in [0.1, 0.15) is 0 Å². The van der Waals surface area contributed by atoms with Gasteiger partial charge < -0.3 is 13.3 Å². The lowest BCUT2D eigenvalue weighted by Crippen LogP contribution is -2.56. The Balaban J connectivity index is 4.03. The van der Waals surface area contributed by atoms with Crippen molar-refractivity contribution in [2.45, 2.75) is 40.5 Å². The molecule has 0 aliphatic carbocycles. The van der Waals surface area contributed by atoms with Crippen LogP contribution in [0.3, 0.4) is 0 Å². The Morgan fingerprint density at radius 1 is 0.933 bits per heavy atom. The molecule has 5 heteroatoms. The van der Waals surface area contributed by atoms with Crippen LogP contribution in [0.25, 0.3) is 0 Å². The predicted octanol–water partition coefficient (Wildman–Crippen LogP) is 1.91. The van der Waals surface area contributed by atoms with Crippen molar-refractivity contribution >= 4 is 8.97 Å². The number of nitrogens with two attached hydrogens (primary N) is 1. The van der Waals surface area contributed by atoms with Crippen LogP contribution in [0, 0.1) is 5.92 Å². The van der Waals surface area contributed by atoms with Crippen molar-refractivity contribution < 1.29 is 13.3 Å². The summed E-state index contributed by atoms with van der Waals surface area (Å²) >= 11 is 0. The lowest BCUT2D eigenvalue weighted by atomic mass is 10.1. The molecule has 4 nitrogen and oxygen atoms in total. The second-order valence-corrected chi connectivity index (χ2v) is 5.54. The van der Waals surface area contributed by atoms with Gasteiger partial charge in [0.2, 0.25) is 0 Å². The molecule has 0 aliphatic heterocycles. The van der Waals surface area contributed by atoms with Gasteiger partial charge in [-0.25, -0.2) is 0 Å². The van der Waals surface area contributed by atoms with E-state index in [1.807, 2.05) is 13.8 Å². The molecule has 0 saturated carbocycles. The van der Waals surface area contributed by atoms with E-state index in [1.165, 1.54) is 0 Å². The fourth-order valence-corrected chi connectivity index (χ4v) is 2.81. The van der Waals surface area contributed by atoms with E-state index in [-0.39, 0.29) is 0 Å². The Bertz CT molecular complexity index is 148. The van der Waals surface area contributed by atoms with Crippen LogP contribution in [0.15, 0.2) is 0 Å². The molecule has 0 unspecified atom stereocenters. The van der Waals surface area contributed by atoms with Gasteiger partial charge in [0.15, 0.2) is 0 Å². The average molecular weight is 235 g/mol. The first-order valence-corrected chi connectivity index (χ1v) is 7.62. The fraction of sp³-hybridized carbons (Fsp3) is 1.00. The molecule has 0 bridgehead atoms. The summed E-state index contributed by atoms with van der Waals surface area (Å²) in [5.41, 5.74) is 0. The highest BCUT2D eigenvalue weighted by molar-refractivity contribution is 6.56. The molecule has 0 spiro atoms. The molecule has 0 atom stereocenters. The van der Waals surface area contributed by atoms with Gasteiger partial charge in [0.25, 0.3) is 0 Å². The van der Waals surface area contributed by atoms with E-state index in [1.54, 1.807) is 0 Å². The third-order valence-electron chi connectivity index (χ3n) is 2.37. The minimum atomic E-state index is -2.84. The van der Waals surface area contributed by atoms with E-state index in [0.29, 0.717) is 25.7 Å². The molecule has 0 amide bonds. The lowest BCUT2D eigenvalue weighted by molar-refractivity contribution is 0.0544. The highest BCUT2D eigenvalue weighted by Crippen LogP contribution is 2.11. The van der Waals surface area contributed by atoms with Gasteiger partial charge in [-0.2, -0.15) is 0 Å². The van der Waals surface area contributed by atoms with Crippen LogP contribution in [-0.2, 0) is 13.3 Å². The standard InChI is InChI=1S/C10H25NO3Si/c1-5-10(6-2)9-14-15(11,12-7-3)13-8-4/h10H,5-9,11H2,1-4H3. The Morgan fingerprint density at radius 3 is 1.73 bits per heavy atom. The predicted molar refractivity (Wildman–Crippen MR) is 63.2 cm³/mol. The summed E-state index contributed by atoms with van der Waals surface area (Å²) in [6.07, 6.45) is 2.19. The Labute approximate surface area is 94.5 Å². The van der Waals surface area contributed by atoms with Crippen molar-refractivity contribution in [2.24, 2.45) is 11.3 Å². The molecular weight excluding hydrogens is 210 g/mol. The van der Waals surface area contributed by atoms with Gasteiger partial charge in [0.05, 0.1) is 0 Å². The minimum absolute atomic E-state index is 0.533. The van der Waals surface area contributed by atoms with Crippen molar-refractivity contribution in [1.82, 2.24) is 0 Å². The monoisotopic (exact) mass is 235 g/mol. The van der Waals surface area contributed by atoms with Gasteiger partial charge >= 0.3 is 8.97 Å². The lowest BCUT2D eigenvalue weighted by Gasteiger charge is -2.25. The van der Waals surface area contributed by atoms with E-state index in [2.05, 4.69) is 13.8 Å². The molecule has 2 N–H and O–H groups in total. The Morgan fingerprint density at radius 2 is 1.40 bits per heavy atom. The van der Waals surface area contributed by atoms with Gasteiger partial charge in [0, 0.05) is 19.8 Å². The molecule has 0 aromatic rings. The molecule has 0 aromatic carbocycles. The highest BCUT2D eigenvalue weighted by Gasteiger charge is 2.37. The molecular formula is C10H25NO3Si. The molecule has 0 radical (unpaired) electrons. The summed E-state index contributed by atoms with van der Waals surface area (Å²) in [6, 6.07) is 0. The number of hydrogen-bond acceptors (Lipinski definition) is 4. The summed E-state index contributed by atoms with van der Waals surface area (Å²) in [6.45, 7) is 9.80. The third-order valence-corrected chi connectivity index (χ3v) is 4.32. The van der Waals surface area contributed by atoms with Gasteiger partial charge in [-0.05, 0) is 19.8 Å². The van der Waals surface area contributed by atoms with Crippen molar-refractivity contribution in [3.63, 3.8) is 0 Å². The summed E-state index contributed by atoms with van der Waals surface area (Å²) in [5, 5.41) is 5.95. The van der Waals surface area contributed by atoms with Crippen LogP contribution < -0.4 is 5.40 Å². The van der Waals surface area contributed by atoms with Crippen LogP contribution >= 0.6 is 0 Å². The maximum Gasteiger partial charge on any atom is 0.594 e. The quantitative estimate of drug-likeness (QED) is 0.620. The topological polar surface area (TPSA) is 53.7 Å². The zero-order valence-corrected chi connectivity index (χ0v) is 11.4. The summed E-state index contributed by atoms with van der Waals surface area (Å²) in [4.78, 5) is 0. The van der Waals surface area contributed by atoms with Crippen LogP contribution in [0.1, 0.15) is 40.5 Å². The van der Waals surface area contributed by atoms with Gasteiger partial charge in [-0.3, -0.25) is 5.40 Å². The van der Waals surface area contributed by atoms with Gasteiger partial charge in [-0.1, -0.05) is 26.7 Å². The molecule has 0 saturated heterocycles. The first kappa shape index (κ1) is 15.1.